The fraction of sp³-hybridized carbons (Fsp3) is 0.583. The molecule has 1 aliphatic carbocycles. The summed E-state index contributed by atoms with van der Waals surface area (Å²) in [5.41, 5.74) is 0. The molecule has 2 bridgehead atoms. The van der Waals surface area contributed by atoms with Gasteiger partial charge in [-0.15, -0.1) is 0 Å². The summed E-state index contributed by atoms with van der Waals surface area (Å²) in [6, 6.07) is 4.11. The first-order chi connectivity index (χ1) is 8.22. The molecule has 2 aliphatic heterocycles. The van der Waals surface area contributed by atoms with E-state index in [-0.39, 0.29) is 11.9 Å². The molecule has 92 valence electrons. The van der Waals surface area contributed by atoms with E-state index in [1.807, 2.05) is 0 Å². The van der Waals surface area contributed by atoms with Crippen LogP contribution in [0.3, 0.4) is 0 Å². The van der Waals surface area contributed by atoms with Gasteiger partial charge in [0.05, 0.1) is 0 Å². The van der Waals surface area contributed by atoms with Gasteiger partial charge in [0.1, 0.15) is 0 Å². The number of halogens is 1. The Kier molecular flexibility index (Phi) is 2.96. The van der Waals surface area contributed by atoms with E-state index in [2.05, 4.69) is 26.6 Å². The van der Waals surface area contributed by atoms with Crippen molar-refractivity contribution in [3.05, 3.63) is 22.6 Å². The van der Waals surface area contributed by atoms with Crippen LogP contribution in [-0.2, 0) is 0 Å². The topological polar surface area (TPSA) is 54.3 Å². The summed E-state index contributed by atoms with van der Waals surface area (Å²) in [5, 5.41) is 6.54. The molecule has 1 aromatic rings. The lowest BCUT2D eigenvalue weighted by molar-refractivity contribution is 0.0839. The molecule has 2 saturated heterocycles. The Morgan fingerprint density at radius 2 is 2.35 bits per heavy atom. The predicted molar refractivity (Wildman–Crippen MR) is 66.8 cm³/mol. The predicted octanol–water partition coefficient (Wildman–Crippen LogP) is 1.91. The third-order valence-corrected chi connectivity index (χ3v) is 4.17. The first kappa shape index (κ1) is 11.3. The molecule has 4 rings (SSSR count). The van der Waals surface area contributed by atoms with Crippen LogP contribution < -0.4 is 10.6 Å². The van der Waals surface area contributed by atoms with Crippen molar-refractivity contribution >= 4 is 21.8 Å². The highest BCUT2D eigenvalue weighted by Crippen LogP contribution is 2.29. The second-order valence-electron chi connectivity index (χ2n) is 4.88. The number of hydrogen-bond donors (Lipinski definition) is 2. The van der Waals surface area contributed by atoms with Gasteiger partial charge in [-0.25, -0.2) is 0 Å². The lowest BCUT2D eigenvalue weighted by Crippen LogP contribution is -2.59. The molecule has 0 radical (unpaired) electrons. The Bertz CT molecular complexity index is 424. The van der Waals surface area contributed by atoms with Gasteiger partial charge < -0.3 is 15.1 Å². The standard InChI is InChI=1S/C12H15BrN2O2/c13-11-4-3-10(17-11)12(16)15-9-5-7-1-2-8(9)14-6-7/h3-4,7-9,14H,1-2,5-6H2,(H,15,16)/t7?,8?,9-/m1/s1. The van der Waals surface area contributed by atoms with E-state index in [0.29, 0.717) is 22.4 Å². The van der Waals surface area contributed by atoms with E-state index < -0.39 is 0 Å². The Labute approximate surface area is 108 Å². The minimum Gasteiger partial charge on any atom is -0.444 e. The lowest BCUT2D eigenvalue weighted by atomic mass is 9.78. The number of piperidine rings is 2. The molecule has 0 aromatic carbocycles. The molecule has 17 heavy (non-hydrogen) atoms. The van der Waals surface area contributed by atoms with Gasteiger partial charge in [-0.2, -0.15) is 0 Å². The van der Waals surface area contributed by atoms with E-state index >= 15 is 0 Å². The van der Waals surface area contributed by atoms with E-state index in [1.54, 1.807) is 12.1 Å². The summed E-state index contributed by atoms with van der Waals surface area (Å²) in [5.74, 6) is 0.974. The van der Waals surface area contributed by atoms with E-state index in [9.17, 15) is 4.79 Å². The second-order valence-corrected chi connectivity index (χ2v) is 5.66. The van der Waals surface area contributed by atoms with Crippen LogP contribution in [0.1, 0.15) is 29.8 Å². The fourth-order valence-corrected chi connectivity index (χ4v) is 3.15. The van der Waals surface area contributed by atoms with Crippen molar-refractivity contribution in [3.8, 4) is 0 Å². The Morgan fingerprint density at radius 1 is 1.47 bits per heavy atom. The van der Waals surface area contributed by atoms with Crippen molar-refractivity contribution in [2.45, 2.75) is 31.3 Å². The molecule has 3 heterocycles. The van der Waals surface area contributed by atoms with Gasteiger partial charge in [-0.05, 0) is 59.8 Å². The van der Waals surface area contributed by atoms with E-state index in [0.717, 1.165) is 19.4 Å². The molecule has 3 atom stereocenters. The Hall–Kier alpha value is -0.810. The minimum absolute atomic E-state index is 0.116. The molecule has 5 heteroatoms. The van der Waals surface area contributed by atoms with Gasteiger partial charge in [0.15, 0.2) is 10.4 Å². The maximum atomic E-state index is 11.9. The van der Waals surface area contributed by atoms with Crippen LogP contribution in [0.2, 0.25) is 0 Å². The second kappa shape index (κ2) is 4.46. The monoisotopic (exact) mass is 298 g/mol. The highest BCUT2D eigenvalue weighted by molar-refractivity contribution is 9.10. The number of hydrogen-bond acceptors (Lipinski definition) is 3. The van der Waals surface area contributed by atoms with Crippen molar-refractivity contribution < 1.29 is 9.21 Å². The van der Waals surface area contributed by atoms with Crippen molar-refractivity contribution in [2.75, 3.05) is 6.54 Å². The molecule has 4 nitrogen and oxygen atoms in total. The summed E-state index contributed by atoms with van der Waals surface area (Å²) in [7, 11) is 0. The van der Waals surface area contributed by atoms with Gasteiger partial charge in [-0.1, -0.05) is 0 Å². The first-order valence-corrected chi connectivity index (χ1v) is 6.81. The van der Waals surface area contributed by atoms with Crippen LogP contribution in [0, 0.1) is 5.92 Å². The van der Waals surface area contributed by atoms with Crippen molar-refractivity contribution in [3.63, 3.8) is 0 Å². The molecular weight excluding hydrogens is 284 g/mol. The van der Waals surface area contributed by atoms with Crippen LogP contribution in [0.15, 0.2) is 21.2 Å². The number of fused-ring (bicyclic) bond motifs is 3. The van der Waals surface area contributed by atoms with Gasteiger partial charge in [0.25, 0.3) is 5.91 Å². The molecule has 3 aliphatic rings. The average molecular weight is 299 g/mol. The number of nitrogens with one attached hydrogen (secondary N) is 2. The van der Waals surface area contributed by atoms with E-state index in [1.165, 1.54) is 6.42 Å². The lowest BCUT2D eigenvalue weighted by Gasteiger charge is -2.43. The van der Waals surface area contributed by atoms with Crippen LogP contribution in [0.5, 0.6) is 0 Å². The van der Waals surface area contributed by atoms with Gasteiger partial charge >= 0.3 is 0 Å². The SMILES string of the molecule is O=C(N[C@@H]1CC2CCC1NC2)c1ccc(Br)o1. The van der Waals surface area contributed by atoms with Crippen molar-refractivity contribution in [2.24, 2.45) is 5.92 Å². The number of furan rings is 1. The molecule has 1 amide bonds. The van der Waals surface area contributed by atoms with Crippen LogP contribution in [-0.4, -0.2) is 24.5 Å². The molecule has 1 saturated carbocycles. The summed E-state index contributed by atoms with van der Waals surface area (Å²) in [4.78, 5) is 11.9. The maximum absolute atomic E-state index is 11.9. The average Bonchev–Trinajstić information content (AvgIpc) is 2.77. The highest BCUT2D eigenvalue weighted by Gasteiger charge is 2.36. The molecular formula is C12H15BrN2O2. The van der Waals surface area contributed by atoms with Crippen LogP contribution in [0.25, 0.3) is 0 Å². The largest absolute Gasteiger partial charge is 0.444 e. The van der Waals surface area contributed by atoms with Crippen LogP contribution >= 0.6 is 15.9 Å². The van der Waals surface area contributed by atoms with E-state index in [4.69, 9.17) is 4.42 Å². The molecule has 3 fully saturated rings. The number of carbonyl (C=O) groups is 1. The molecule has 2 N–H and O–H groups in total. The summed E-state index contributed by atoms with van der Waals surface area (Å²) in [6.07, 6.45) is 3.54. The zero-order valence-corrected chi connectivity index (χ0v) is 11.0. The first-order valence-electron chi connectivity index (χ1n) is 6.02. The minimum atomic E-state index is -0.116. The number of carbonyl (C=O) groups excluding carboxylic acids is 1. The van der Waals surface area contributed by atoms with Gasteiger partial charge in [0, 0.05) is 12.1 Å². The summed E-state index contributed by atoms with van der Waals surface area (Å²) in [6.45, 7) is 1.10. The highest BCUT2D eigenvalue weighted by atomic mass is 79.9. The quantitative estimate of drug-likeness (QED) is 0.877. The maximum Gasteiger partial charge on any atom is 0.287 e. The fourth-order valence-electron chi connectivity index (χ4n) is 2.84. The third-order valence-electron chi connectivity index (χ3n) is 3.74. The summed E-state index contributed by atoms with van der Waals surface area (Å²) >= 11 is 3.20. The molecule has 1 aromatic heterocycles. The zero-order chi connectivity index (χ0) is 11.8. The van der Waals surface area contributed by atoms with Crippen LogP contribution in [0.4, 0.5) is 0 Å². The normalized spacial score (nSPS) is 31.5. The number of rotatable bonds is 2. The Balaban J connectivity index is 1.65. The molecule has 2 unspecified atom stereocenters. The smallest absolute Gasteiger partial charge is 0.287 e. The van der Waals surface area contributed by atoms with Crippen molar-refractivity contribution in [1.29, 1.82) is 0 Å². The third kappa shape index (κ3) is 2.26. The van der Waals surface area contributed by atoms with Crippen molar-refractivity contribution in [1.82, 2.24) is 10.6 Å². The molecule has 0 spiro atoms. The zero-order valence-electron chi connectivity index (χ0n) is 9.41. The van der Waals surface area contributed by atoms with Gasteiger partial charge in [0.2, 0.25) is 0 Å². The van der Waals surface area contributed by atoms with Gasteiger partial charge in [-0.3, -0.25) is 4.79 Å². The Morgan fingerprint density at radius 3 is 2.88 bits per heavy atom. The number of amides is 1. The summed E-state index contributed by atoms with van der Waals surface area (Å²) < 4.78 is 5.84.